The molecular weight excluding hydrogens is 270 g/mol. The van der Waals surface area contributed by atoms with Crippen LogP contribution in [0.4, 0.5) is 0 Å². The lowest BCUT2D eigenvalue weighted by atomic mass is 10.1. The summed E-state index contributed by atoms with van der Waals surface area (Å²) in [6.07, 6.45) is 1.69. The number of carbonyl (C=O) groups excluding carboxylic acids is 1. The summed E-state index contributed by atoms with van der Waals surface area (Å²) in [4.78, 5) is 11.8. The van der Waals surface area contributed by atoms with Gasteiger partial charge in [0.15, 0.2) is 5.69 Å². The van der Waals surface area contributed by atoms with Crippen LogP contribution in [-0.2, 0) is 16.1 Å². The highest BCUT2D eigenvalue weighted by molar-refractivity contribution is 5.93. The Bertz CT molecular complexity index is 622. The quantitative estimate of drug-likeness (QED) is 0.480. The van der Waals surface area contributed by atoms with Crippen molar-refractivity contribution in [1.82, 2.24) is 15.4 Å². The van der Waals surface area contributed by atoms with Gasteiger partial charge in [-0.15, -0.1) is 11.7 Å². The average Bonchev–Trinajstić information content (AvgIpc) is 2.98. The number of hydrogen-bond acceptors (Lipinski definition) is 5. The summed E-state index contributed by atoms with van der Waals surface area (Å²) in [7, 11) is 0. The van der Waals surface area contributed by atoms with Gasteiger partial charge in [0.2, 0.25) is 0 Å². The zero-order valence-corrected chi connectivity index (χ0v) is 11.8. The number of esters is 1. The van der Waals surface area contributed by atoms with Crippen molar-refractivity contribution >= 4 is 5.97 Å². The fourth-order valence-corrected chi connectivity index (χ4v) is 1.84. The van der Waals surface area contributed by atoms with Crippen LogP contribution in [0.25, 0.3) is 11.3 Å². The molecular formula is C15H17N3O3. The molecule has 6 heteroatoms. The number of aromatic nitrogens is 3. The normalized spacial score (nSPS) is 10.3. The molecule has 0 saturated carbocycles. The minimum Gasteiger partial charge on any atom is -0.461 e. The smallest absolute Gasteiger partial charge is 0.361 e. The molecule has 2 aromatic rings. The Morgan fingerprint density at radius 2 is 2.29 bits per heavy atom. The summed E-state index contributed by atoms with van der Waals surface area (Å²) in [5.41, 5.74) is 2.42. The van der Waals surface area contributed by atoms with Crippen molar-refractivity contribution in [2.75, 3.05) is 13.2 Å². The van der Waals surface area contributed by atoms with E-state index in [2.05, 4.69) is 22.0 Å². The van der Waals surface area contributed by atoms with E-state index in [1.165, 1.54) is 0 Å². The van der Waals surface area contributed by atoms with Crippen LogP contribution in [0.15, 0.2) is 36.9 Å². The Labute approximate surface area is 122 Å². The molecule has 0 aliphatic heterocycles. The summed E-state index contributed by atoms with van der Waals surface area (Å²) < 4.78 is 10.4. The van der Waals surface area contributed by atoms with E-state index < -0.39 is 5.97 Å². The van der Waals surface area contributed by atoms with Crippen LogP contribution in [0.1, 0.15) is 23.0 Å². The molecule has 0 aliphatic rings. The number of nitrogens with zero attached hydrogens (tertiary/aromatic N) is 2. The average molecular weight is 287 g/mol. The van der Waals surface area contributed by atoms with Crippen molar-refractivity contribution in [3.8, 4) is 11.3 Å². The van der Waals surface area contributed by atoms with Crippen molar-refractivity contribution in [2.24, 2.45) is 0 Å². The van der Waals surface area contributed by atoms with Gasteiger partial charge in [0.05, 0.1) is 19.8 Å². The molecule has 0 saturated heterocycles. The number of aromatic amines is 1. The van der Waals surface area contributed by atoms with E-state index in [-0.39, 0.29) is 5.69 Å². The van der Waals surface area contributed by atoms with Crippen LogP contribution < -0.4 is 0 Å². The molecule has 110 valence electrons. The van der Waals surface area contributed by atoms with Gasteiger partial charge < -0.3 is 9.47 Å². The first-order chi connectivity index (χ1) is 10.3. The van der Waals surface area contributed by atoms with E-state index in [0.717, 1.165) is 11.1 Å². The third-order valence-corrected chi connectivity index (χ3v) is 2.72. The maximum absolute atomic E-state index is 11.8. The monoisotopic (exact) mass is 287 g/mol. The third-order valence-electron chi connectivity index (χ3n) is 2.72. The van der Waals surface area contributed by atoms with Crippen LogP contribution in [0.2, 0.25) is 0 Å². The van der Waals surface area contributed by atoms with E-state index in [4.69, 9.17) is 9.47 Å². The highest BCUT2D eigenvalue weighted by Gasteiger charge is 2.19. The van der Waals surface area contributed by atoms with E-state index in [0.29, 0.717) is 25.5 Å². The fourth-order valence-electron chi connectivity index (χ4n) is 1.84. The van der Waals surface area contributed by atoms with Crippen LogP contribution in [-0.4, -0.2) is 34.6 Å². The number of rotatable bonds is 7. The summed E-state index contributed by atoms with van der Waals surface area (Å²) >= 11 is 0. The van der Waals surface area contributed by atoms with E-state index in [1.54, 1.807) is 13.0 Å². The fraction of sp³-hybridized carbons (Fsp3) is 0.267. The van der Waals surface area contributed by atoms with E-state index in [9.17, 15) is 4.79 Å². The predicted molar refractivity (Wildman–Crippen MR) is 77.6 cm³/mol. The molecule has 0 aliphatic carbocycles. The summed E-state index contributed by atoms with van der Waals surface area (Å²) in [6, 6.07) is 7.59. The number of H-pyrrole nitrogens is 1. The molecule has 0 spiro atoms. The topological polar surface area (TPSA) is 77.1 Å². The minimum absolute atomic E-state index is 0.181. The lowest BCUT2D eigenvalue weighted by Gasteiger charge is -2.05. The second-order valence-electron chi connectivity index (χ2n) is 4.25. The molecule has 0 atom stereocenters. The van der Waals surface area contributed by atoms with E-state index in [1.807, 2.05) is 24.3 Å². The number of benzene rings is 1. The summed E-state index contributed by atoms with van der Waals surface area (Å²) in [6.45, 7) is 6.59. The Balaban J connectivity index is 2.22. The Kier molecular flexibility index (Phi) is 5.22. The van der Waals surface area contributed by atoms with Gasteiger partial charge in [-0.2, -0.15) is 10.3 Å². The number of carbonyl (C=O) groups is 1. The van der Waals surface area contributed by atoms with Crippen LogP contribution in [0.3, 0.4) is 0 Å². The van der Waals surface area contributed by atoms with E-state index >= 15 is 0 Å². The van der Waals surface area contributed by atoms with Gasteiger partial charge in [-0.1, -0.05) is 24.3 Å². The van der Waals surface area contributed by atoms with Crippen molar-refractivity contribution in [3.05, 3.63) is 48.2 Å². The first-order valence-electron chi connectivity index (χ1n) is 6.62. The zero-order valence-electron chi connectivity index (χ0n) is 11.8. The van der Waals surface area contributed by atoms with Gasteiger partial charge in [0, 0.05) is 5.56 Å². The lowest BCUT2D eigenvalue weighted by molar-refractivity contribution is 0.0520. The van der Waals surface area contributed by atoms with Gasteiger partial charge in [-0.05, 0) is 18.6 Å². The van der Waals surface area contributed by atoms with Crippen molar-refractivity contribution < 1.29 is 14.3 Å². The first kappa shape index (κ1) is 14.9. The van der Waals surface area contributed by atoms with Gasteiger partial charge in [-0.25, -0.2) is 4.79 Å². The summed E-state index contributed by atoms with van der Waals surface area (Å²) in [5.74, 6) is -0.491. The number of nitrogens with one attached hydrogen (secondary N) is 1. The van der Waals surface area contributed by atoms with Gasteiger partial charge in [0.1, 0.15) is 5.69 Å². The molecule has 0 amide bonds. The minimum atomic E-state index is -0.491. The molecule has 0 radical (unpaired) electrons. The van der Waals surface area contributed by atoms with Crippen LogP contribution in [0, 0.1) is 0 Å². The van der Waals surface area contributed by atoms with Gasteiger partial charge in [0.25, 0.3) is 0 Å². The van der Waals surface area contributed by atoms with Crippen LogP contribution in [0.5, 0.6) is 0 Å². The first-order valence-corrected chi connectivity index (χ1v) is 6.62. The second-order valence-corrected chi connectivity index (χ2v) is 4.25. The third kappa shape index (κ3) is 3.76. The van der Waals surface area contributed by atoms with Crippen molar-refractivity contribution in [3.63, 3.8) is 0 Å². The van der Waals surface area contributed by atoms with Crippen molar-refractivity contribution in [1.29, 1.82) is 0 Å². The second kappa shape index (κ2) is 7.35. The molecule has 1 aromatic heterocycles. The molecule has 1 heterocycles. The Morgan fingerprint density at radius 3 is 3.05 bits per heavy atom. The molecule has 0 bridgehead atoms. The lowest BCUT2D eigenvalue weighted by Crippen LogP contribution is -2.06. The molecule has 6 nitrogen and oxygen atoms in total. The number of hydrogen-bond donors (Lipinski definition) is 1. The Hall–Kier alpha value is -2.47. The maximum Gasteiger partial charge on any atom is 0.361 e. The molecule has 1 N–H and O–H groups in total. The molecule has 1 aromatic carbocycles. The molecule has 21 heavy (non-hydrogen) atoms. The Morgan fingerprint density at radius 1 is 1.43 bits per heavy atom. The summed E-state index contributed by atoms with van der Waals surface area (Å²) in [5, 5.41) is 10.4. The highest BCUT2D eigenvalue weighted by Crippen LogP contribution is 2.21. The van der Waals surface area contributed by atoms with Crippen molar-refractivity contribution in [2.45, 2.75) is 13.5 Å². The SMILES string of the molecule is C=CCOCc1cccc(-c2n[nH]nc2C(=O)OCC)c1. The zero-order chi connectivity index (χ0) is 15.1. The van der Waals surface area contributed by atoms with Gasteiger partial charge in [-0.3, -0.25) is 0 Å². The molecule has 0 unspecified atom stereocenters. The maximum atomic E-state index is 11.8. The molecule has 2 rings (SSSR count). The van der Waals surface area contributed by atoms with Crippen LogP contribution >= 0.6 is 0 Å². The van der Waals surface area contributed by atoms with Gasteiger partial charge >= 0.3 is 5.97 Å². The largest absolute Gasteiger partial charge is 0.461 e. The highest BCUT2D eigenvalue weighted by atomic mass is 16.5. The number of ether oxygens (including phenoxy) is 2. The standard InChI is InChI=1S/C15H17N3O3/c1-3-8-20-10-11-6-5-7-12(9-11)13-14(17-18-16-13)15(19)21-4-2/h3,5-7,9H,1,4,8,10H2,2H3,(H,16,17,18). The molecule has 0 fully saturated rings. The predicted octanol–water partition coefficient (Wildman–Crippen LogP) is 2.35.